The minimum atomic E-state index is -1.19. The van der Waals surface area contributed by atoms with Crippen LogP contribution in [0.25, 0.3) is 0 Å². The van der Waals surface area contributed by atoms with E-state index in [9.17, 15) is 15.2 Å². The molecular formula is C21H27NO2. The largest absolute Gasteiger partial charge is 0.375 e. The summed E-state index contributed by atoms with van der Waals surface area (Å²) in [5, 5.41) is 20.5. The smallest absolute Gasteiger partial charge is 0.156 e. The average molecular weight is 325 g/mol. The minimum Gasteiger partial charge on any atom is -0.375 e. The van der Waals surface area contributed by atoms with Crippen molar-refractivity contribution >= 4 is 5.78 Å². The van der Waals surface area contributed by atoms with Crippen LogP contribution in [0, 0.1) is 34.0 Å². The van der Waals surface area contributed by atoms with Crippen LogP contribution in [-0.2, 0) is 4.79 Å². The molecule has 0 saturated heterocycles. The Morgan fingerprint density at radius 2 is 2.08 bits per heavy atom. The second kappa shape index (κ2) is 4.82. The number of carbonyl (C=O) groups excluding carboxylic acids is 1. The topological polar surface area (TPSA) is 61.1 Å². The standard InChI is InChI=1S/C21H27NO2/c1-13-10-15-16(19(2)7-4-14(23)11-18(13)19)5-8-20(3)17(15)6-9-21(20,24)12-22/h5,15,17,24H,4,6-11H2,1-3H3/t15-,17+,19-,20+,21+/m1/s1. The Labute approximate surface area is 144 Å². The molecule has 0 aromatic carbocycles. The monoisotopic (exact) mass is 325 g/mol. The molecule has 0 unspecified atom stereocenters. The van der Waals surface area contributed by atoms with E-state index in [2.05, 4.69) is 32.9 Å². The van der Waals surface area contributed by atoms with Gasteiger partial charge in [-0.25, -0.2) is 0 Å². The van der Waals surface area contributed by atoms with E-state index < -0.39 is 5.60 Å². The summed E-state index contributed by atoms with van der Waals surface area (Å²) in [5.41, 5.74) is 2.73. The van der Waals surface area contributed by atoms with E-state index in [4.69, 9.17) is 0 Å². The van der Waals surface area contributed by atoms with Gasteiger partial charge in [0.25, 0.3) is 0 Å². The summed E-state index contributed by atoms with van der Waals surface area (Å²) in [4.78, 5) is 12.0. The van der Waals surface area contributed by atoms with Crippen LogP contribution in [0.4, 0.5) is 0 Å². The normalized spacial score (nSPS) is 47.5. The van der Waals surface area contributed by atoms with Gasteiger partial charge < -0.3 is 5.11 Å². The van der Waals surface area contributed by atoms with Gasteiger partial charge in [-0.05, 0) is 50.9 Å². The number of rotatable bonds is 0. The number of nitriles is 1. The molecule has 24 heavy (non-hydrogen) atoms. The maximum atomic E-state index is 12.0. The van der Waals surface area contributed by atoms with Crippen molar-refractivity contribution in [3.63, 3.8) is 0 Å². The SMILES string of the molecule is CC1=C2CC(=O)CC[C@]2(C)C2=CC[C@@]3(C)[C@@H](CC[C@]3(O)C#N)[C@@H]2C1. The van der Waals surface area contributed by atoms with Gasteiger partial charge in [-0.15, -0.1) is 0 Å². The molecule has 3 nitrogen and oxygen atoms in total. The third-order valence-electron chi connectivity index (χ3n) is 8.02. The third kappa shape index (κ3) is 1.78. The molecule has 0 heterocycles. The number of hydrogen-bond donors (Lipinski definition) is 1. The molecule has 5 atom stereocenters. The lowest BCUT2D eigenvalue weighted by Crippen LogP contribution is -2.50. The zero-order valence-corrected chi connectivity index (χ0v) is 15.0. The minimum absolute atomic E-state index is 0.0234. The molecule has 128 valence electrons. The third-order valence-corrected chi connectivity index (χ3v) is 8.02. The van der Waals surface area contributed by atoms with Crippen LogP contribution in [0.1, 0.15) is 65.7 Å². The molecule has 0 amide bonds. The maximum Gasteiger partial charge on any atom is 0.156 e. The van der Waals surface area contributed by atoms with E-state index in [1.54, 1.807) is 0 Å². The summed E-state index contributed by atoms with van der Waals surface area (Å²) in [6.45, 7) is 6.63. The fraction of sp³-hybridized carbons (Fsp3) is 0.714. The number of carbonyl (C=O) groups is 1. The van der Waals surface area contributed by atoms with Crippen molar-refractivity contribution in [1.82, 2.24) is 0 Å². The second-order valence-corrected chi connectivity index (χ2v) is 9.02. The van der Waals surface area contributed by atoms with E-state index in [0.717, 1.165) is 25.7 Å². The Kier molecular flexibility index (Phi) is 3.23. The quantitative estimate of drug-likeness (QED) is 0.539. The van der Waals surface area contributed by atoms with Crippen LogP contribution >= 0.6 is 0 Å². The molecule has 2 fully saturated rings. The number of aliphatic hydroxyl groups is 1. The lowest BCUT2D eigenvalue weighted by atomic mass is 9.50. The lowest BCUT2D eigenvalue weighted by molar-refractivity contribution is -0.120. The predicted octanol–water partition coefficient (Wildman–Crippen LogP) is 4.08. The number of nitrogens with zero attached hydrogens (tertiary/aromatic N) is 1. The zero-order valence-electron chi connectivity index (χ0n) is 15.0. The summed E-state index contributed by atoms with van der Waals surface area (Å²) >= 11 is 0. The van der Waals surface area contributed by atoms with Crippen LogP contribution in [0.2, 0.25) is 0 Å². The molecular weight excluding hydrogens is 298 g/mol. The van der Waals surface area contributed by atoms with Gasteiger partial charge in [-0.3, -0.25) is 4.79 Å². The number of hydrogen-bond acceptors (Lipinski definition) is 3. The van der Waals surface area contributed by atoms with Crippen LogP contribution in [0.3, 0.4) is 0 Å². The number of ketones is 1. The van der Waals surface area contributed by atoms with Crippen molar-refractivity contribution in [3.8, 4) is 6.07 Å². The van der Waals surface area contributed by atoms with Crippen LogP contribution in [0.5, 0.6) is 0 Å². The van der Waals surface area contributed by atoms with Gasteiger partial charge in [-0.1, -0.05) is 36.6 Å². The fourth-order valence-electron chi connectivity index (χ4n) is 6.42. The number of allylic oxidation sites excluding steroid dienone is 4. The van der Waals surface area contributed by atoms with Gasteiger partial charge in [0.1, 0.15) is 5.78 Å². The van der Waals surface area contributed by atoms with Crippen LogP contribution in [-0.4, -0.2) is 16.5 Å². The molecule has 0 radical (unpaired) electrons. The van der Waals surface area contributed by atoms with Crippen molar-refractivity contribution in [3.05, 3.63) is 22.8 Å². The van der Waals surface area contributed by atoms with Crippen LogP contribution in [0.15, 0.2) is 22.8 Å². The Morgan fingerprint density at radius 1 is 1.33 bits per heavy atom. The van der Waals surface area contributed by atoms with Gasteiger partial charge >= 0.3 is 0 Å². The van der Waals surface area contributed by atoms with E-state index in [1.807, 2.05) is 0 Å². The Balaban J connectivity index is 1.81. The number of fused-ring (bicyclic) bond motifs is 5. The fourth-order valence-corrected chi connectivity index (χ4v) is 6.42. The lowest BCUT2D eigenvalue weighted by Gasteiger charge is -2.54. The van der Waals surface area contributed by atoms with E-state index in [-0.39, 0.29) is 10.8 Å². The highest BCUT2D eigenvalue weighted by Crippen LogP contribution is 2.65. The molecule has 0 aromatic heterocycles. The Morgan fingerprint density at radius 3 is 2.79 bits per heavy atom. The van der Waals surface area contributed by atoms with Gasteiger partial charge in [0.2, 0.25) is 0 Å². The first-order valence-electron chi connectivity index (χ1n) is 9.30. The second-order valence-electron chi connectivity index (χ2n) is 9.02. The van der Waals surface area contributed by atoms with Crippen molar-refractivity contribution in [2.24, 2.45) is 22.7 Å². The first kappa shape index (κ1) is 16.1. The highest BCUT2D eigenvalue weighted by molar-refractivity contribution is 5.83. The molecule has 1 N–H and O–H groups in total. The Bertz CT molecular complexity index is 727. The highest BCUT2D eigenvalue weighted by Gasteiger charge is 2.62. The maximum absolute atomic E-state index is 12.0. The molecule has 0 aromatic rings. The molecule has 2 saturated carbocycles. The number of Topliss-reactive ketones (excluding diaryl/α,β-unsaturated/α-hetero) is 1. The zero-order chi connectivity index (χ0) is 17.3. The molecule has 4 aliphatic rings. The first-order chi connectivity index (χ1) is 11.2. The summed E-state index contributed by atoms with van der Waals surface area (Å²) in [5.74, 6) is 1.17. The molecule has 4 rings (SSSR count). The van der Waals surface area contributed by atoms with Gasteiger partial charge in [0.05, 0.1) is 6.07 Å². The summed E-state index contributed by atoms with van der Waals surface area (Å²) in [7, 11) is 0. The molecule has 3 heteroatoms. The molecule has 0 bridgehead atoms. The predicted molar refractivity (Wildman–Crippen MR) is 91.9 cm³/mol. The average Bonchev–Trinajstić information content (AvgIpc) is 2.82. The summed E-state index contributed by atoms with van der Waals surface area (Å²) < 4.78 is 0. The van der Waals surface area contributed by atoms with Gasteiger partial charge in [0.15, 0.2) is 5.60 Å². The Hall–Kier alpha value is -1.40. The van der Waals surface area contributed by atoms with Crippen molar-refractivity contribution < 1.29 is 9.90 Å². The summed E-state index contributed by atoms with van der Waals surface area (Å²) in [6.07, 6.45) is 7.85. The van der Waals surface area contributed by atoms with Crippen molar-refractivity contribution in [2.75, 3.05) is 0 Å². The molecule has 0 aliphatic heterocycles. The summed E-state index contributed by atoms with van der Waals surface area (Å²) in [6, 6.07) is 2.23. The van der Waals surface area contributed by atoms with E-state index in [0.29, 0.717) is 36.9 Å². The first-order valence-corrected chi connectivity index (χ1v) is 9.30. The van der Waals surface area contributed by atoms with Crippen molar-refractivity contribution in [2.45, 2.75) is 71.3 Å². The van der Waals surface area contributed by atoms with E-state index in [1.165, 1.54) is 16.7 Å². The van der Waals surface area contributed by atoms with Crippen molar-refractivity contribution in [1.29, 1.82) is 5.26 Å². The van der Waals surface area contributed by atoms with Crippen LogP contribution < -0.4 is 0 Å². The molecule has 0 spiro atoms. The molecule has 4 aliphatic carbocycles. The highest BCUT2D eigenvalue weighted by atomic mass is 16.3. The van der Waals surface area contributed by atoms with Gasteiger partial charge in [-0.2, -0.15) is 5.26 Å². The van der Waals surface area contributed by atoms with Gasteiger partial charge in [0, 0.05) is 23.7 Å². The van der Waals surface area contributed by atoms with E-state index >= 15 is 0 Å².